The van der Waals surface area contributed by atoms with Gasteiger partial charge in [0.25, 0.3) is 0 Å². The van der Waals surface area contributed by atoms with E-state index in [0.29, 0.717) is 25.1 Å². The summed E-state index contributed by atoms with van der Waals surface area (Å²) >= 11 is 0. The number of hydrogen-bond acceptors (Lipinski definition) is 4. The van der Waals surface area contributed by atoms with Gasteiger partial charge < -0.3 is 10.2 Å². The first-order valence-electron chi connectivity index (χ1n) is 6.85. The van der Waals surface area contributed by atoms with Crippen LogP contribution in [0.25, 0.3) is 0 Å². The van der Waals surface area contributed by atoms with Gasteiger partial charge in [0.2, 0.25) is 0 Å². The average Bonchev–Trinajstić information content (AvgIpc) is 2.58. The van der Waals surface area contributed by atoms with E-state index in [0.717, 1.165) is 5.69 Å². The largest absolute Gasteiger partial charge is 0.370 e. The van der Waals surface area contributed by atoms with E-state index in [1.165, 1.54) is 6.07 Å². The molecule has 1 aliphatic rings. The van der Waals surface area contributed by atoms with Crippen molar-refractivity contribution in [3.63, 3.8) is 0 Å². The monoisotopic (exact) mass is 300 g/mol. The highest BCUT2D eigenvalue weighted by Crippen LogP contribution is 2.29. The molecule has 20 heavy (non-hydrogen) atoms. The molecule has 1 aromatic rings. The van der Waals surface area contributed by atoms with Gasteiger partial charge in [-0.2, -0.15) is 0 Å². The number of benzene rings is 1. The fourth-order valence-corrected chi connectivity index (χ4v) is 3.83. The van der Waals surface area contributed by atoms with Crippen molar-refractivity contribution in [2.24, 2.45) is 0 Å². The molecule has 1 N–H and O–H groups in total. The van der Waals surface area contributed by atoms with E-state index < -0.39 is 9.84 Å². The third kappa shape index (κ3) is 3.30. The first-order chi connectivity index (χ1) is 9.44. The highest BCUT2D eigenvalue weighted by Gasteiger charge is 2.23. The Kier molecular flexibility index (Phi) is 4.65. The van der Waals surface area contributed by atoms with Gasteiger partial charge in [-0.25, -0.2) is 12.8 Å². The van der Waals surface area contributed by atoms with Crippen molar-refractivity contribution in [3.05, 3.63) is 29.6 Å². The van der Waals surface area contributed by atoms with Crippen LogP contribution in [0, 0.1) is 5.82 Å². The van der Waals surface area contributed by atoms with E-state index in [-0.39, 0.29) is 23.4 Å². The van der Waals surface area contributed by atoms with Crippen molar-refractivity contribution < 1.29 is 12.8 Å². The first kappa shape index (κ1) is 15.3. The Labute approximate surface area is 119 Å². The number of nitrogens with one attached hydrogen (secondary N) is 1. The van der Waals surface area contributed by atoms with Gasteiger partial charge in [0.1, 0.15) is 5.82 Å². The second-order valence-electron chi connectivity index (χ2n) is 5.18. The number of rotatable bonds is 3. The lowest BCUT2D eigenvalue weighted by Gasteiger charge is -2.27. The lowest BCUT2D eigenvalue weighted by molar-refractivity contribution is 0.560. The lowest BCUT2D eigenvalue weighted by Crippen LogP contribution is -2.29. The van der Waals surface area contributed by atoms with Crippen LogP contribution in [0.1, 0.15) is 24.9 Å². The topological polar surface area (TPSA) is 49.4 Å². The fraction of sp³-hybridized carbons (Fsp3) is 0.571. The molecule has 112 valence electrons. The van der Waals surface area contributed by atoms with Gasteiger partial charge in [0.05, 0.1) is 11.5 Å². The van der Waals surface area contributed by atoms with Gasteiger partial charge in [-0.1, -0.05) is 6.07 Å². The third-order valence-corrected chi connectivity index (χ3v) is 5.51. The maximum absolute atomic E-state index is 14.1. The highest BCUT2D eigenvalue weighted by molar-refractivity contribution is 7.91. The highest BCUT2D eigenvalue weighted by atomic mass is 32.2. The summed E-state index contributed by atoms with van der Waals surface area (Å²) in [5.74, 6) is 0.101. The third-order valence-electron chi connectivity index (χ3n) is 3.79. The van der Waals surface area contributed by atoms with E-state index in [2.05, 4.69) is 5.32 Å². The maximum Gasteiger partial charge on any atom is 0.152 e. The number of nitrogens with zero attached hydrogens (tertiary/aromatic N) is 1. The van der Waals surface area contributed by atoms with Crippen LogP contribution in [-0.4, -0.2) is 40.1 Å². The van der Waals surface area contributed by atoms with Crippen molar-refractivity contribution in [3.8, 4) is 0 Å². The summed E-state index contributed by atoms with van der Waals surface area (Å²) < 4.78 is 37.5. The molecule has 1 atom stereocenters. The molecule has 1 aromatic carbocycles. The fourth-order valence-electron chi connectivity index (χ4n) is 2.55. The summed E-state index contributed by atoms with van der Waals surface area (Å²) in [6.07, 6.45) is 0.590. The van der Waals surface area contributed by atoms with Gasteiger partial charge >= 0.3 is 0 Å². The Morgan fingerprint density at radius 1 is 1.30 bits per heavy atom. The number of hydrogen-bond donors (Lipinski definition) is 1. The van der Waals surface area contributed by atoms with Gasteiger partial charge in [0, 0.05) is 30.4 Å². The average molecular weight is 300 g/mol. The van der Waals surface area contributed by atoms with E-state index in [9.17, 15) is 12.8 Å². The number of sulfone groups is 1. The lowest BCUT2D eigenvalue weighted by atomic mass is 10.0. The van der Waals surface area contributed by atoms with E-state index >= 15 is 0 Å². The van der Waals surface area contributed by atoms with Crippen LogP contribution in [0.15, 0.2) is 18.2 Å². The van der Waals surface area contributed by atoms with Crippen molar-refractivity contribution in [1.82, 2.24) is 5.32 Å². The van der Waals surface area contributed by atoms with Crippen molar-refractivity contribution >= 4 is 15.5 Å². The Balaban J connectivity index is 2.35. The summed E-state index contributed by atoms with van der Waals surface area (Å²) in [5.41, 5.74) is 1.40. The van der Waals surface area contributed by atoms with Crippen molar-refractivity contribution in [2.75, 3.05) is 36.5 Å². The van der Waals surface area contributed by atoms with Crippen molar-refractivity contribution in [1.29, 1.82) is 0 Å². The zero-order valence-corrected chi connectivity index (χ0v) is 12.7. The quantitative estimate of drug-likeness (QED) is 0.923. The Morgan fingerprint density at radius 3 is 2.75 bits per heavy atom. The molecule has 0 aliphatic carbocycles. The molecule has 4 nitrogen and oxygen atoms in total. The van der Waals surface area contributed by atoms with Gasteiger partial charge in [-0.3, -0.25) is 0 Å². The second kappa shape index (κ2) is 6.10. The van der Waals surface area contributed by atoms with Crippen LogP contribution in [-0.2, 0) is 9.84 Å². The summed E-state index contributed by atoms with van der Waals surface area (Å²) in [4.78, 5) is 1.98. The predicted molar refractivity (Wildman–Crippen MR) is 79.4 cm³/mol. The molecule has 0 radical (unpaired) electrons. The van der Waals surface area contributed by atoms with E-state index in [1.54, 1.807) is 13.1 Å². The Morgan fingerprint density at radius 2 is 2.05 bits per heavy atom. The molecular formula is C14H21FN2O2S. The minimum absolute atomic E-state index is 0.119. The zero-order chi connectivity index (χ0) is 14.8. The van der Waals surface area contributed by atoms with Crippen LogP contribution < -0.4 is 10.2 Å². The van der Waals surface area contributed by atoms with Crippen LogP contribution in [0.4, 0.5) is 10.1 Å². The molecule has 1 fully saturated rings. The molecule has 1 saturated heterocycles. The normalized spacial score (nSPS) is 20.4. The molecule has 1 unspecified atom stereocenters. The summed E-state index contributed by atoms with van der Waals surface area (Å²) in [7, 11) is -1.17. The maximum atomic E-state index is 14.1. The van der Waals surface area contributed by atoms with Crippen LogP contribution in [0.5, 0.6) is 0 Å². The zero-order valence-electron chi connectivity index (χ0n) is 11.9. The molecule has 0 bridgehead atoms. The Hall–Kier alpha value is -1.14. The van der Waals surface area contributed by atoms with Crippen LogP contribution in [0.2, 0.25) is 0 Å². The van der Waals surface area contributed by atoms with Gasteiger partial charge in [-0.15, -0.1) is 0 Å². The molecule has 0 aromatic heterocycles. The minimum Gasteiger partial charge on any atom is -0.370 e. The smallest absolute Gasteiger partial charge is 0.152 e. The summed E-state index contributed by atoms with van der Waals surface area (Å²) in [6.45, 7) is 2.97. The molecule has 0 spiro atoms. The SMILES string of the molecule is CNC(C)c1c(F)cccc1N1CCCS(=O)(=O)CC1. The summed E-state index contributed by atoms with van der Waals surface area (Å²) in [5, 5.41) is 3.05. The Bertz CT molecular complexity index is 575. The molecule has 2 rings (SSSR count). The van der Waals surface area contributed by atoms with Gasteiger partial charge in [-0.05, 0) is 32.5 Å². The summed E-state index contributed by atoms with van der Waals surface area (Å²) in [6, 6.07) is 4.87. The molecule has 0 amide bonds. The standard InChI is InChI=1S/C14H21FN2O2S/c1-11(16-2)14-12(15)5-3-6-13(14)17-7-4-9-20(18,19)10-8-17/h3,5-6,11,16H,4,7-10H2,1-2H3. The molecular weight excluding hydrogens is 279 g/mol. The molecule has 1 aliphatic heterocycles. The van der Waals surface area contributed by atoms with Gasteiger partial charge in [0.15, 0.2) is 9.84 Å². The molecule has 0 saturated carbocycles. The minimum atomic E-state index is -2.96. The van der Waals surface area contributed by atoms with E-state index in [4.69, 9.17) is 0 Å². The van der Waals surface area contributed by atoms with E-state index in [1.807, 2.05) is 17.9 Å². The number of halogens is 1. The molecule has 1 heterocycles. The second-order valence-corrected chi connectivity index (χ2v) is 7.48. The first-order valence-corrected chi connectivity index (χ1v) is 8.68. The van der Waals surface area contributed by atoms with Crippen molar-refractivity contribution in [2.45, 2.75) is 19.4 Å². The molecule has 6 heteroatoms. The predicted octanol–water partition coefficient (Wildman–Crippen LogP) is 1.73. The van der Waals surface area contributed by atoms with Crippen LogP contribution >= 0.6 is 0 Å². The van der Waals surface area contributed by atoms with Crippen LogP contribution in [0.3, 0.4) is 0 Å². The number of anilines is 1.